The van der Waals surface area contributed by atoms with Crippen molar-refractivity contribution >= 4 is 34.0 Å². The Morgan fingerprint density at radius 3 is 2.62 bits per heavy atom. The number of nitrogens with zero attached hydrogens (tertiary/aromatic N) is 2. The Morgan fingerprint density at radius 1 is 1.08 bits per heavy atom. The molecule has 1 aliphatic rings. The van der Waals surface area contributed by atoms with Crippen molar-refractivity contribution in [2.75, 3.05) is 31.1 Å². The van der Waals surface area contributed by atoms with Gasteiger partial charge in [-0.2, -0.15) is 0 Å². The summed E-state index contributed by atoms with van der Waals surface area (Å²) in [5.41, 5.74) is 2.94. The molecule has 2 aromatic carbocycles. The number of halogens is 1. The van der Waals surface area contributed by atoms with Crippen LogP contribution in [0.15, 0.2) is 54.7 Å². The van der Waals surface area contributed by atoms with Gasteiger partial charge in [0.15, 0.2) is 5.78 Å². The quantitative estimate of drug-likeness (QED) is 0.702. The van der Waals surface area contributed by atoms with Gasteiger partial charge in [-0.1, -0.05) is 35.9 Å². The van der Waals surface area contributed by atoms with E-state index < -0.39 is 0 Å². The number of Topliss-reactive ketones (excluding diaryl/α,β-unsaturated/α-hetero) is 1. The Balaban J connectivity index is 1.45. The normalized spacial score (nSPS) is 16.8. The van der Waals surface area contributed by atoms with E-state index in [9.17, 15) is 4.79 Å². The van der Waals surface area contributed by atoms with Gasteiger partial charge in [-0.3, -0.25) is 9.69 Å². The van der Waals surface area contributed by atoms with Gasteiger partial charge >= 0.3 is 0 Å². The molecule has 4 rings (SSSR count). The number of ketones is 1. The number of fused-ring (bicyclic) bond motifs is 1. The molecule has 1 aliphatic heterocycles. The Bertz CT molecular complexity index is 928. The van der Waals surface area contributed by atoms with Crippen molar-refractivity contribution in [1.29, 1.82) is 0 Å². The molecular formula is C21H22ClN3O. The summed E-state index contributed by atoms with van der Waals surface area (Å²) in [4.78, 5) is 20.8. The maximum absolute atomic E-state index is 13.0. The largest absolute Gasteiger partial charge is 0.369 e. The summed E-state index contributed by atoms with van der Waals surface area (Å²) in [7, 11) is 0. The van der Waals surface area contributed by atoms with Gasteiger partial charge in [-0.15, -0.1) is 0 Å². The number of H-pyrrole nitrogens is 1. The van der Waals surface area contributed by atoms with Crippen LogP contribution in [0.3, 0.4) is 0 Å². The molecule has 0 spiro atoms. The van der Waals surface area contributed by atoms with E-state index in [1.807, 2.05) is 55.6 Å². The smallest absolute Gasteiger partial charge is 0.181 e. The number of aromatic amines is 1. The number of piperazine rings is 1. The van der Waals surface area contributed by atoms with Crippen LogP contribution in [0.5, 0.6) is 0 Å². The number of aromatic nitrogens is 1. The Labute approximate surface area is 158 Å². The van der Waals surface area contributed by atoms with Crippen LogP contribution in [-0.2, 0) is 0 Å². The number of anilines is 1. The van der Waals surface area contributed by atoms with Crippen LogP contribution in [0.2, 0.25) is 5.02 Å². The lowest BCUT2D eigenvalue weighted by Crippen LogP contribution is -2.51. The fourth-order valence-electron chi connectivity index (χ4n) is 3.71. The predicted molar refractivity (Wildman–Crippen MR) is 107 cm³/mol. The third-order valence-electron chi connectivity index (χ3n) is 5.27. The topological polar surface area (TPSA) is 39.3 Å². The molecule has 0 unspecified atom stereocenters. The minimum atomic E-state index is -0.129. The lowest BCUT2D eigenvalue weighted by Gasteiger charge is -2.38. The molecule has 1 N–H and O–H groups in total. The first kappa shape index (κ1) is 17.1. The maximum Gasteiger partial charge on any atom is 0.181 e. The standard InChI is InChI=1S/C21H22ClN3O/c1-15(21(26)19-14-23-20-8-3-2-7-18(19)20)24-9-11-25(12-10-24)17-6-4-5-16(22)13-17/h2-8,13-15,23H,9-12H2,1H3/t15-/m0/s1. The van der Waals surface area contributed by atoms with Crippen molar-refractivity contribution in [1.82, 2.24) is 9.88 Å². The maximum atomic E-state index is 13.0. The molecule has 1 saturated heterocycles. The zero-order valence-electron chi connectivity index (χ0n) is 14.8. The van der Waals surface area contributed by atoms with Crippen molar-refractivity contribution in [2.45, 2.75) is 13.0 Å². The van der Waals surface area contributed by atoms with Crippen LogP contribution in [-0.4, -0.2) is 47.9 Å². The highest BCUT2D eigenvalue weighted by Crippen LogP contribution is 2.23. The van der Waals surface area contributed by atoms with Gasteiger partial charge < -0.3 is 9.88 Å². The summed E-state index contributed by atoms with van der Waals surface area (Å²) in [6.45, 7) is 5.53. The van der Waals surface area contributed by atoms with Crippen molar-refractivity contribution in [2.24, 2.45) is 0 Å². The molecule has 1 atom stereocenters. The summed E-state index contributed by atoms with van der Waals surface area (Å²) in [5, 5.41) is 1.76. The second-order valence-corrected chi connectivity index (χ2v) is 7.23. The highest BCUT2D eigenvalue weighted by atomic mass is 35.5. The number of carbonyl (C=O) groups excluding carboxylic acids is 1. The van der Waals surface area contributed by atoms with Crippen molar-refractivity contribution < 1.29 is 4.79 Å². The summed E-state index contributed by atoms with van der Waals surface area (Å²) in [5.74, 6) is 0.179. The first-order chi connectivity index (χ1) is 12.6. The number of benzene rings is 2. The van der Waals surface area contributed by atoms with E-state index >= 15 is 0 Å². The van der Waals surface area contributed by atoms with Crippen LogP contribution in [0.25, 0.3) is 10.9 Å². The Hall–Kier alpha value is -2.30. The first-order valence-corrected chi connectivity index (χ1v) is 9.36. The SMILES string of the molecule is C[C@@H](C(=O)c1c[nH]c2ccccc12)N1CCN(c2cccc(Cl)c2)CC1. The molecule has 1 fully saturated rings. The van der Waals surface area contributed by atoms with Crippen LogP contribution >= 0.6 is 11.6 Å². The average Bonchev–Trinajstić information content (AvgIpc) is 3.11. The third-order valence-corrected chi connectivity index (χ3v) is 5.50. The molecule has 0 radical (unpaired) electrons. The molecule has 0 saturated carbocycles. The van der Waals surface area contributed by atoms with E-state index in [4.69, 9.17) is 11.6 Å². The summed E-state index contributed by atoms with van der Waals surface area (Å²) in [6, 6.07) is 15.8. The fraction of sp³-hybridized carbons (Fsp3) is 0.286. The number of hydrogen-bond donors (Lipinski definition) is 1. The number of nitrogens with one attached hydrogen (secondary N) is 1. The second-order valence-electron chi connectivity index (χ2n) is 6.79. The van der Waals surface area contributed by atoms with E-state index in [-0.39, 0.29) is 11.8 Å². The lowest BCUT2D eigenvalue weighted by molar-refractivity contribution is 0.0831. The molecule has 1 aromatic heterocycles. The Kier molecular flexibility index (Phi) is 4.70. The van der Waals surface area contributed by atoms with Crippen molar-refractivity contribution in [3.8, 4) is 0 Å². The summed E-state index contributed by atoms with van der Waals surface area (Å²) < 4.78 is 0. The predicted octanol–water partition coefficient (Wildman–Crippen LogP) is 4.21. The highest BCUT2D eigenvalue weighted by Gasteiger charge is 2.27. The van der Waals surface area contributed by atoms with Crippen LogP contribution in [0.1, 0.15) is 17.3 Å². The molecule has 5 heteroatoms. The minimum absolute atomic E-state index is 0.129. The van der Waals surface area contributed by atoms with Crippen LogP contribution in [0.4, 0.5) is 5.69 Å². The molecule has 0 aliphatic carbocycles. The van der Waals surface area contributed by atoms with Crippen molar-refractivity contribution in [3.63, 3.8) is 0 Å². The van der Waals surface area contributed by atoms with Gasteiger partial charge in [0.2, 0.25) is 0 Å². The molecule has 134 valence electrons. The van der Waals surface area contributed by atoms with Gasteiger partial charge in [-0.25, -0.2) is 0 Å². The van der Waals surface area contributed by atoms with E-state index in [1.165, 1.54) is 0 Å². The molecule has 3 aromatic rings. The van der Waals surface area contributed by atoms with Crippen LogP contribution < -0.4 is 4.90 Å². The first-order valence-electron chi connectivity index (χ1n) is 8.98. The highest BCUT2D eigenvalue weighted by molar-refractivity contribution is 6.30. The van der Waals surface area contributed by atoms with E-state index in [2.05, 4.69) is 20.9 Å². The van der Waals surface area contributed by atoms with Gasteiger partial charge in [0, 0.05) is 59.6 Å². The Morgan fingerprint density at radius 2 is 1.85 bits per heavy atom. The van der Waals surface area contributed by atoms with Crippen LogP contribution in [0, 0.1) is 0 Å². The van der Waals surface area contributed by atoms with Gasteiger partial charge in [-0.05, 0) is 31.2 Å². The fourth-order valence-corrected chi connectivity index (χ4v) is 3.89. The summed E-state index contributed by atoms with van der Waals surface area (Å²) >= 11 is 6.10. The summed E-state index contributed by atoms with van der Waals surface area (Å²) in [6.07, 6.45) is 1.84. The van der Waals surface area contributed by atoms with E-state index in [0.717, 1.165) is 53.4 Å². The van der Waals surface area contributed by atoms with Gasteiger partial charge in [0.05, 0.1) is 6.04 Å². The number of para-hydroxylation sites is 1. The van der Waals surface area contributed by atoms with Crippen molar-refractivity contribution in [3.05, 3.63) is 65.3 Å². The molecule has 2 heterocycles. The monoisotopic (exact) mass is 367 g/mol. The number of hydrogen-bond acceptors (Lipinski definition) is 3. The molecule has 0 amide bonds. The van der Waals surface area contributed by atoms with Gasteiger partial charge in [0.25, 0.3) is 0 Å². The molecule has 0 bridgehead atoms. The number of carbonyl (C=O) groups is 1. The lowest BCUT2D eigenvalue weighted by atomic mass is 10.0. The zero-order valence-corrected chi connectivity index (χ0v) is 15.5. The van der Waals surface area contributed by atoms with E-state index in [0.29, 0.717) is 0 Å². The second kappa shape index (κ2) is 7.14. The minimum Gasteiger partial charge on any atom is -0.369 e. The molecule has 4 nitrogen and oxygen atoms in total. The molecule has 26 heavy (non-hydrogen) atoms. The van der Waals surface area contributed by atoms with E-state index in [1.54, 1.807) is 0 Å². The third kappa shape index (κ3) is 3.22. The number of rotatable bonds is 4. The average molecular weight is 368 g/mol. The van der Waals surface area contributed by atoms with Gasteiger partial charge in [0.1, 0.15) is 0 Å². The zero-order chi connectivity index (χ0) is 18.1. The molecular weight excluding hydrogens is 346 g/mol.